The average molecular weight is 248 g/mol. The first-order valence-electron chi connectivity index (χ1n) is 6.31. The maximum Gasteiger partial charge on any atom is 0.225 e. The SMILES string of the molecule is CN(C)CC(NC(=O)C(C)(C)C)c1ccccc1. The molecule has 1 rings (SSSR count). The summed E-state index contributed by atoms with van der Waals surface area (Å²) in [6.07, 6.45) is 0. The van der Waals surface area contributed by atoms with Crippen molar-refractivity contribution in [1.29, 1.82) is 0 Å². The Morgan fingerprint density at radius 2 is 1.78 bits per heavy atom. The van der Waals surface area contributed by atoms with Crippen LogP contribution in [0.2, 0.25) is 0 Å². The van der Waals surface area contributed by atoms with Crippen molar-refractivity contribution in [2.45, 2.75) is 26.8 Å². The van der Waals surface area contributed by atoms with Crippen molar-refractivity contribution in [3.05, 3.63) is 35.9 Å². The Labute approximate surface area is 110 Å². The van der Waals surface area contributed by atoms with Gasteiger partial charge in [0.15, 0.2) is 0 Å². The van der Waals surface area contributed by atoms with Crippen LogP contribution >= 0.6 is 0 Å². The van der Waals surface area contributed by atoms with Crippen molar-refractivity contribution in [3.63, 3.8) is 0 Å². The topological polar surface area (TPSA) is 32.3 Å². The number of hydrogen-bond donors (Lipinski definition) is 1. The number of amides is 1. The number of nitrogens with zero attached hydrogens (tertiary/aromatic N) is 1. The van der Waals surface area contributed by atoms with Crippen molar-refractivity contribution < 1.29 is 4.79 Å². The van der Waals surface area contributed by atoms with E-state index >= 15 is 0 Å². The van der Waals surface area contributed by atoms with Gasteiger partial charge in [-0.3, -0.25) is 4.79 Å². The summed E-state index contributed by atoms with van der Waals surface area (Å²) in [4.78, 5) is 14.2. The van der Waals surface area contributed by atoms with E-state index in [2.05, 4.69) is 22.3 Å². The molecule has 0 aliphatic heterocycles. The molecule has 0 aromatic heterocycles. The molecule has 0 bridgehead atoms. The fraction of sp³-hybridized carbons (Fsp3) is 0.533. The molecule has 0 aliphatic carbocycles. The first kappa shape index (κ1) is 14.7. The Balaban J connectivity index is 2.84. The molecule has 1 aromatic carbocycles. The molecule has 0 fully saturated rings. The minimum Gasteiger partial charge on any atom is -0.348 e. The molecule has 0 saturated heterocycles. The van der Waals surface area contributed by atoms with Crippen LogP contribution in [0.3, 0.4) is 0 Å². The molecule has 1 N–H and O–H groups in total. The normalized spacial score (nSPS) is 13.4. The lowest BCUT2D eigenvalue weighted by molar-refractivity contribution is -0.129. The Kier molecular flexibility index (Phi) is 4.91. The van der Waals surface area contributed by atoms with Crippen molar-refractivity contribution in [2.24, 2.45) is 5.41 Å². The first-order chi connectivity index (χ1) is 8.30. The van der Waals surface area contributed by atoms with E-state index in [1.165, 1.54) is 0 Å². The lowest BCUT2D eigenvalue weighted by Gasteiger charge is -2.26. The summed E-state index contributed by atoms with van der Waals surface area (Å²) in [6, 6.07) is 10.1. The molecule has 1 aromatic rings. The van der Waals surface area contributed by atoms with Crippen molar-refractivity contribution in [2.75, 3.05) is 20.6 Å². The largest absolute Gasteiger partial charge is 0.348 e. The van der Waals surface area contributed by atoms with Gasteiger partial charge in [0.25, 0.3) is 0 Å². The number of hydrogen-bond acceptors (Lipinski definition) is 2. The fourth-order valence-corrected chi connectivity index (χ4v) is 1.66. The summed E-state index contributed by atoms with van der Waals surface area (Å²) in [7, 11) is 4.03. The van der Waals surface area contributed by atoms with Crippen LogP contribution in [0.25, 0.3) is 0 Å². The summed E-state index contributed by atoms with van der Waals surface area (Å²) in [5, 5.41) is 3.12. The van der Waals surface area contributed by atoms with Gasteiger partial charge in [-0.2, -0.15) is 0 Å². The molecule has 1 unspecified atom stereocenters. The Hall–Kier alpha value is -1.35. The van der Waals surface area contributed by atoms with Gasteiger partial charge in [0.2, 0.25) is 5.91 Å². The molecule has 0 saturated carbocycles. The molecule has 1 amide bonds. The summed E-state index contributed by atoms with van der Waals surface area (Å²) >= 11 is 0. The smallest absolute Gasteiger partial charge is 0.225 e. The van der Waals surface area contributed by atoms with E-state index in [-0.39, 0.29) is 17.4 Å². The molecule has 18 heavy (non-hydrogen) atoms. The van der Waals surface area contributed by atoms with E-state index < -0.39 is 0 Å². The van der Waals surface area contributed by atoms with Crippen LogP contribution < -0.4 is 5.32 Å². The van der Waals surface area contributed by atoms with Gasteiger partial charge in [0, 0.05) is 12.0 Å². The van der Waals surface area contributed by atoms with E-state index in [9.17, 15) is 4.79 Å². The minimum atomic E-state index is -0.362. The van der Waals surface area contributed by atoms with Gasteiger partial charge < -0.3 is 10.2 Å². The highest BCUT2D eigenvalue weighted by Crippen LogP contribution is 2.18. The molecular weight excluding hydrogens is 224 g/mol. The predicted octanol–water partition coefficient (Wildman–Crippen LogP) is 2.45. The zero-order valence-corrected chi connectivity index (χ0v) is 12.0. The van der Waals surface area contributed by atoms with Crippen molar-refractivity contribution in [3.8, 4) is 0 Å². The van der Waals surface area contributed by atoms with Crippen LogP contribution in [-0.4, -0.2) is 31.4 Å². The maximum absolute atomic E-state index is 12.1. The van der Waals surface area contributed by atoms with Crippen LogP contribution in [0.1, 0.15) is 32.4 Å². The number of benzene rings is 1. The molecule has 0 aliphatic rings. The summed E-state index contributed by atoms with van der Waals surface area (Å²) in [5.41, 5.74) is 0.781. The highest BCUT2D eigenvalue weighted by molar-refractivity contribution is 5.81. The second-order valence-corrected chi connectivity index (χ2v) is 5.95. The van der Waals surface area contributed by atoms with Gasteiger partial charge in [-0.25, -0.2) is 0 Å². The Morgan fingerprint density at radius 1 is 1.22 bits per heavy atom. The number of carbonyl (C=O) groups is 1. The lowest BCUT2D eigenvalue weighted by Crippen LogP contribution is -2.41. The van der Waals surface area contributed by atoms with E-state index in [4.69, 9.17) is 0 Å². The summed E-state index contributed by atoms with van der Waals surface area (Å²) < 4.78 is 0. The van der Waals surface area contributed by atoms with Crippen molar-refractivity contribution >= 4 is 5.91 Å². The number of nitrogens with one attached hydrogen (secondary N) is 1. The van der Waals surface area contributed by atoms with Crippen molar-refractivity contribution in [1.82, 2.24) is 10.2 Å². The third-order valence-electron chi connectivity index (χ3n) is 2.74. The number of carbonyl (C=O) groups excluding carboxylic acids is 1. The van der Waals surface area contributed by atoms with Gasteiger partial charge >= 0.3 is 0 Å². The molecule has 1 atom stereocenters. The second kappa shape index (κ2) is 6.01. The van der Waals surface area contributed by atoms with E-state index in [0.717, 1.165) is 12.1 Å². The number of likely N-dealkylation sites (N-methyl/N-ethyl adjacent to an activating group) is 1. The standard InChI is InChI=1S/C15H24N2O/c1-15(2,3)14(18)16-13(11-17(4)5)12-9-7-6-8-10-12/h6-10,13H,11H2,1-5H3,(H,16,18). The van der Waals surface area contributed by atoms with Gasteiger partial charge in [0.1, 0.15) is 0 Å². The van der Waals surface area contributed by atoms with Crippen LogP contribution in [0.15, 0.2) is 30.3 Å². The minimum absolute atomic E-state index is 0.0351. The lowest BCUT2D eigenvalue weighted by atomic mass is 9.94. The van der Waals surface area contributed by atoms with Crippen LogP contribution in [0.4, 0.5) is 0 Å². The van der Waals surface area contributed by atoms with Gasteiger partial charge in [-0.05, 0) is 19.7 Å². The van der Waals surface area contributed by atoms with Gasteiger partial charge in [0.05, 0.1) is 6.04 Å². The third-order valence-corrected chi connectivity index (χ3v) is 2.74. The molecule has 0 radical (unpaired) electrons. The summed E-state index contributed by atoms with van der Waals surface area (Å²) in [5.74, 6) is 0.0817. The first-order valence-corrected chi connectivity index (χ1v) is 6.31. The zero-order valence-electron chi connectivity index (χ0n) is 12.0. The third kappa shape index (κ3) is 4.49. The highest BCUT2D eigenvalue weighted by atomic mass is 16.2. The van der Waals surface area contributed by atoms with Crippen LogP contribution in [0, 0.1) is 5.41 Å². The molecule has 0 spiro atoms. The average Bonchev–Trinajstić information content (AvgIpc) is 2.27. The van der Waals surface area contributed by atoms with E-state index in [1.54, 1.807) is 0 Å². The number of rotatable bonds is 4. The van der Waals surface area contributed by atoms with Gasteiger partial charge in [-0.1, -0.05) is 51.1 Å². The zero-order chi connectivity index (χ0) is 13.8. The Bertz CT molecular complexity index is 379. The van der Waals surface area contributed by atoms with Crippen LogP contribution in [-0.2, 0) is 4.79 Å². The van der Waals surface area contributed by atoms with E-state index in [0.29, 0.717) is 0 Å². The Morgan fingerprint density at radius 3 is 2.22 bits per heavy atom. The monoisotopic (exact) mass is 248 g/mol. The quantitative estimate of drug-likeness (QED) is 0.887. The maximum atomic E-state index is 12.1. The molecule has 3 nitrogen and oxygen atoms in total. The molecule has 100 valence electrons. The molecular formula is C15H24N2O. The van der Waals surface area contributed by atoms with Gasteiger partial charge in [-0.15, -0.1) is 0 Å². The highest BCUT2D eigenvalue weighted by Gasteiger charge is 2.24. The molecule has 0 heterocycles. The second-order valence-electron chi connectivity index (χ2n) is 5.95. The predicted molar refractivity (Wildman–Crippen MR) is 75.3 cm³/mol. The summed E-state index contributed by atoms with van der Waals surface area (Å²) in [6.45, 7) is 6.59. The molecule has 3 heteroatoms. The fourth-order valence-electron chi connectivity index (χ4n) is 1.66. The van der Waals surface area contributed by atoms with E-state index in [1.807, 2.05) is 53.1 Å². The van der Waals surface area contributed by atoms with Crippen LogP contribution in [0.5, 0.6) is 0 Å².